The first-order chi connectivity index (χ1) is 9.51. The highest BCUT2D eigenvalue weighted by atomic mass is 15.0. The molecule has 1 aromatic carbocycles. The highest BCUT2D eigenvalue weighted by Gasteiger charge is 2.07. The van der Waals surface area contributed by atoms with Crippen molar-refractivity contribution in [3.8, 4) is 17.2 Å². The fourth-order valence-corrected chi connectivity index (χ4v) is 2.01. The quantitative estimate of drug-likeness (QED) is 0.668. The molecule has 0 fully saturated rings. The Balaban J connectivity index is 2.52. The molecule has 0 saturated carbocycles. The zero-order chi connectivity index (χ0) is 14.7. The Bertz CT molecular complexity index is 710. The summed E-state index contributed by atoms with van der Waals surface area (Å²) in [7, 11) is 0. The maximum atomic E-state index is 8.92. The van der Waals surface area contributed by atoms with E-state index in [1.807, 2.05) is 54.1 Å². The van der Waals surface area contributed by atoms with Crippen molar-refractivity contribution in [1.82, 2.24) is 4.57 Å². The number of nitrogens with two attached hydrogens (primary N) is 1. The normalized spacial score (nSPS) is 11.2. The molecule has 0 aliphatic carbocycles. The summed E-state index contributed by atoms with van der Waals surface area (Å²) < 4.78 is 1.98. The fourth-order valence-electron chi connectivity index (χ4n) is 2.01. The monoisotopic (exact) mass is 263 g/mol. The molecule has 0 unspecified atom stereocenters. The van der Waals surface area contributed by atoms with E-state index in [1.54, 1.807) is 6.92 Å². The van der Waals surface area contributed by atoms with Gasteiger partial charge in [-0.05, 0) is 43.7 Å². The van der Waals surface area contributed by atoms with Crippen molar-refractivity contribution in [3.05, 3.63) is 54.4 Å². The Morgan fingerprint density at radius 1 is 1.25 bits per heavy atom. The molecule has 0 radical (unpaired) electrons. The first kappa shape index (κ1) is 13.7. The summed E-state index contributed by atoms with van der Waals surface area (Å²) in [5.41, 5.74) is 11.1. The second-order valence-corrected chi connectivity index (χ2v) is 4.82. The van der Waals surface area contributed by atoms with E-state index in [0.29, 0.717) is 5.57 Å². The second-order valence-electron chi connectivity index (χ2n) is 4.82. The molecule has 0 bridgehead atoms. The average Bonchev–Trinajstić information content (AvgIpc) is 2.83. The van der Waals surface area contributed by atoms with Gasteiger partial charge in [0.05, 0.1) is 6.07 Å². The van der Waals surface area contributed by atoms with Crippen molar-refractivity contribution in [2.45, 2.75) is 13.8 Å². The zero-order valence-corrected chi connectivity index (χ0v) is 11.7. The van der Waals surface area contributed by atoms with E-state index in [0.717, 1.165) is 28.2 Å². The zero-order valence-electron chi connectivity index (χ0n) is 11.7. The standard InChI is InChI=1S/C17H17N3/c1-12(2)20-11-15(9-17(20)8-13(3)10-18)14-4-6-16(19)7-5-14/h4-9,11H,1,19H2,2-3H3/b13-8+. The maximum Gasteiger partial charge on any atom is 0.0944 e. The summed E-state index contributed by atoms with van der Waals surface area (Å²) in [4.78, 5) is 0. The molecule has 3 nitrogen and oxygen atoms in total. The van der Waals surface area contributed by atoms with E-state index < -0.39 is 0 Å². The molecular formula is C17H17N3. The predicted octanol–water partition coefficient (Wildman–Crippen LogP) is 4.15. The summed E-state index contributed by atoms with van der Waals surface area (Å²) in [6, 6.07) is 11.9. The molecule has 0 amide bonds. The summed E-state index contributed by atoms with van der Waals surface area (Å²) in [6.07, 6.45) is 3.87. The number of aromatic nitrogens is 1. The number of rotatable bonds is 3. The molecule has 2 rings (SSSR count). The van der Waals surface area contributed by atoms with Crippen LogP contribution in [-0.4, -0.2) is 4.57 Å². The van der Waals surface area contributed by atoms with Gasteiger partial charge in [0.2, 0.25) is 0 Å². The molecule has 1 aromatic heterocycles. The van der Waals surface area contributed by atoms with Crippen molar-refractivity contribution in [1.29, 1.82) is 5.26 Å². The Kier molecular flexibility index (Phi) is 3.76. The lowest BCUT2D eigenvalue weighted by Crippen LogP contribution is -1.92. The molecule has 2 N–H and O–H groups in total. The summed E-state index contributed by atoms with van der Waals surface area (Å²) in [5, 5.41) is 8.92. The lowest BCUT2D eigenvalue weighted by Gasteiger charge is -2.04. The minimum atomic E-state index is 0.662. The molecule has 0 atom stereocenters. The van der Waals surface area contributed by atoms with Crippen LogP contribution < -0.4 is 5.73 Å². The Hall–Kier alpha value is -2.73. The lowest BCUT2D eigenvalue weighted by molar-refractivity contribution is 1.09. The summed E-state index contributed by atoms with van der Waals surface area (Å²) in [6.45, 7) is 7.70. The van der Waals surface area contributed by atoms with E-state index in [9.17, 15) is 0 Å². The Labute approximate surface area is 119 Å². The van der Waals surface area contributed by atoms with Gasteiger partial charge < -0.3 is 10.3 Å². The largest absolute Gasteiger partial charge is 0.399 e. The fraction of sp³-hybridized carbons (Fsp3) is 0.118. The van der Waals surface area contributed by atoms with Gasteiger partial charge >= 0.3 is 0 Å². The van der Waals surface area contributed by atoms with Crippen LogP contribution in [0, 0.1) is 11.3 Å². The topological polar surface area (TPSA) is 54.7 Å². The molecule has 100 valence electrons. The Morgan fingerprint density at radius 2 is 1.90 bits per heavy atom. The van der Waals surface area contributed by atoms with E-state index in [4.69, 9.17) is 11.0 Å². The van der Waals surface area contributed by atoms with Gasteiger partial charge in [-0.25, -0.2) is 0 Å². The molecule has 1 heterocycles. The van der Waals surface area contributed by atoms with Crippen molar-refractivity contribution in [2.24, 2.45) is 0 Å². The van der Waals surface area contributed by atoms with Crippen LogP contribution in [-0.2, 0) is 0 Å². The molecule has 0 saturated heterocycles. The van der Waals surface area contributed by atoms with Crippen LogP contribution in [0.1, 0.15) is 19.5 Å². The number of hydrogen-bond acceptors (Lipinski definition) is 2. The number of nitrogen functional groups attached to an aromatic ring is 1. The average molecular weight is 263 g/mol. The Morgan fingerprint density at radius 3 is 2.45 bits per heavy atom. The van der Waals surface area contributed by atoms with E-state index in [-0.39, 0.29) is 0 Å². The first-order valence-corrected chi connectivity index (χ1v) is 6.34. The smallest absolute Gasteiger partial charge is 0.0944 e. The van der Waals surface area contributed by atoms with Crippen molar-refractivity contribution in [2.75, 3.05) is 5.73 Å². The maximum absolute atomic E-state index is 8.92. The third kappa shape index (κ3) is 2.81. The van der Waals surface area contributed by atoms with Crippen molar-refractivity contribution < 1.29 is 0 Å². The van der Waals surface area contributed by atoms with E-state index in [1.165, 1.54) is 0 Å². The number of hydrogen-bond donors (Lipinski definition) is 1. The molecule has 3 heteroatoms. The van der Waals surface area contributed by atoms with Crippen LogP contribution in [0.4, 0.5) is 5.69 Å². The van der Waals surface area contributed by atoms with E-state index in [2.05, 4.69) is 12.6 Å². The van der Waals surface area contributed by atoms with Crippen LogP contribution in [0.3, 0.4) is 0 Å². The third-order valence-corrected chi connectivity index (χ3v) is 3.05. The SMILES string of the molecule is C=C(C)n1cc(-c2ccc(N)cc2)cc1/C=C(\C)C#N. The second kappa shape index (κ2) is 5.50. The van der Waals surface area contributed by atoms with E-state index >= 15 is 0 Å². The molecule has 20 heavy (non-hydrogen) atoms. The minimum absolute atomic E-state index is 0.662. The third-order valence-electron chi connectivity index (χ3n) is 3.05. The summed E-state index contributed by atoms with van der Waals surface area (Å²) >= 11 is 0. The van der Waals surface area contributed by atoms with Crippen LogP contribution in [0.25, 0.3) is 22.9 Å². The number of nitrogens with zero attached hydrogens (tertiary/aromatic N) is 2. The van der Waals surface area contributed by atoms with Gasteiger partial charge in [-0.15, -0.1) is 0 Å². The lowest BCUT2D eigenvalue weighted by atomic mass is 10.1. The highest BCUT2D eigenvalue weighted by molar-refractivity contribution is 5.71. The highest BCUT2D eigenvalue weighted by Crippen LogP contribution is 2.26. The summed E-state index contributed by atoms with van der Waals surface area (Å²) in [5.74, 6) is 0. The minimum Gasteiger partial charge on any atom is -0.399 e. The molecule has 0 aliphatic heterocycles. The molecular weight excluding hydrogens is 246 g/mol. The molecule has 2 aromatic rings. The van der Waals surface area contributed by atoms with Crippen LogP contribution in [0.2, 0.25) is 0 Å². The number of nitriles is 1. The van der Waals surface area contributed by atoms with Gasteiger partial charge in [-0.1, -0.05) is 18.7 Å². The van der Waals surface area contributed by atoms with Crippen molar-refractivity contribution in [3.63, 3.8) is 0 Å². The van der Waals surface area contributed by atoms with Gasteiger partial charge in [0.25, 0.3) is 0 Å². The van der Waals surface area contributed by atoms with Crippen molar-refractivity contribution >= 4 is 17.5 Å². The van der Waals surface area contributed by atoms with Gasteiger partial charge in [0.15, 0.2) is 0 Å². The van der Waals surface area contributed by atoms with Gasteiger partial charge in [0.1, 0.15) is 0 Å². The van der Waals surface area contributed by atoms with Crippen LogP contribution in [0.5, 0.6) is 0 Å². The molecule has 0 spiro atoms. The van der Waals surface area contributed by atoms with Gasteiger partial charge in [-0.3, -0.25) is 0 Å². The predicted molar refractivity (Wildman–Crippen MR) is 84.5 cm³/mol. The number of anilines is 1. The number of allylic oxidation sites excluding steroid dienone is 2. The van der Waals surface area contributed by atoms with Gasteiger partial charge in [-0.2, -0.15) is 5.26 Å². The van der Waals surface area contributed by atoms with Crippen LogP contribution in [0.15, 0.2) is 48.7 Å². The molecule has 0 aliphatic rings. The van der Waals surface area contributed by atoms with Crippen LogP contribution >= 0.6 is 0 Å². The van der Waals surface area contributed by atoms with Gasteiger partial charge in [0, 0.05) is 34.4 Å². The first-order valence-electron chi connectivity index (χ1n) is 6.34. The number of benzene rings is 1.